The number of terminal acetylenes is 1. The third-order valence-corrected chi connectivity index (χ3v) is 2.56. The minimum absolute atomic E-state index is 0.0581. The molecular formula is C13H8N2O4. The van der Waals surface area contributed by atoms with Gasteiger partial charge in [0.15, 0.2) is 5.69 Å². The van der Waals surface area contributed by atoms with Crippen LogP contribution >= 0.6 is 0 Å². The van der Waals surface area contributed by atoms with Crippen LogP contribution in [0.2, 0.25) is 0 Å². The number of ether oxygens (including phenoxy) is 1. The van der Waals surface area contributed by atoms with Crippen molar-refractivity contribution in [3.63, 3.8) is 0 Å². The summed E-state index contributed by atoms with van der Waals surface area (Å²) >= 11 is 0. The van der Waals surface area contributed by atoms with Crippen LogP contribution in [0.5, 0.6) is 0 Å². The van der Waals surface area contributed by atoms with Crippen molar-refractivity contribution in [1.29, 1.82) is 0 Å². The van der Waals surface area contributed by atoms with Gasteiger partial charge in [0.1, 0.15) is 5.52 Å². The van der Waals surface area contributed by atoms with Crippen molar-refractivity contribution in [2.75, 3.05) is 7.11 Å². The van der Waals surface area contributed by atoms with Crippen LogP contribution in [0.3, 0.4) is 0 Å². The number of hydrogen-bond acceptors (Lipinski definition) is 5. The lowest BCUT2D eigenvalue weighted by atomic mass is 10.1. The molecule has 0 spiro atoms. The minimum Gasteiger partial charge on any atom is -0.464 e. The van der Waals surface area contributed by atoms with Crippen molar-refractivity contribution in [3.8, 4) is 12.3 Å². The van der Waals surface area contributed by atoms with Crippen molar-refractivity contribution in [2.45, 2.75) is 0 Å². The number of pyridine rings is 1. The van der Waals surface area contributed by atoms with Gasteiger partial charge < -0.3 is 4.74 Å². The SMILES string of the molecule is C#Cc1cc(C(=O)OC)nc2c([N+](=O)[O-])cccc12. The number of para-hydroxylation sites is 1. The summed E-state index contributed by atoms with van der Waals surface area (Å²) in [5.41, 5.74) is 0.162. The Morgan fingerprint density at radius 2 is 2.26 bits per heavy atom. The van der Waals surface area contributed by atoms with Crippen molar-refractivity contribution in [2.24, 2.45) is 0 Å². The predicted molar refractivity (Wildman–Crippen MR) is 67.7 cm³/mol. The molecule has 1 aromatic carbocycles. The van der Waals surface area contributed by atoms with Crippen LogP contribution in [0.15, 0.2) is 24.3 Å². The fraction of sp³-hybridized carbons (Fsp3) is 0.0769. The van der Waals surface area contributed by atoms with Crippen LogP contribution in [-0.4, -0.2) is 23.0 Å². The Morgan fingerprint density at radius 3 is 2.84 bits per heavy atom. The van der Waals surface area contributed by atoms with E-state index in [4.69, 9.17) is 6.42 Å². The quantitative estimate of drug-likeness (QED) is 0.355. The number of non-ortho nitro benzene ring substituents is 1. The number of carbonyl (C=O) groups excluding carboxylic acids is 1. The molecule has 0 atom stereocenters. The molecule has 0 bridgehead atoms. The molecule has 1 aromatic heterocycles. The van der Waals surface area contributed by atoms with Crippen LogP contribution in [0.1, 0.15) is 16.1 Å². The maximum absolute atomic E-state index is 11.5. The number of hydrogen-bond donors (Lipinski definition) is 0. The van der Waals surface area contributed by atoms with Gasteiger partial charge in [-0.3, -0.25) is 10.1 Å². The number of methoxy groups -OCH3 is 1. The van der Waals surface area contributed by atoms with E-state index in [-0.39, 0.29) is 16.9 Å². The summed E-state index contributed by atoms with van der Waals surface area (Å²) in [5, 5.41) is 11.4. The first-order chi connectivity index (χ1) is 9.08. The first-order valence-corrected chi connectivity index (χ1v) is 5.21. The van der Waals surface area contributed by atoms with Gasteiger partial charge in [-0.05, 0) is 6.07 Å². The summed E-state index contributed by atoms with van der Waals surface area (Å²) in [6.07, 6.45) is 5.35. The molecular weight excluding hydrogens is 248 g/mol. The number of aromatic nitrogens is 1. The lowest BCUT2D eigenvalue weighted by molar-refractivity contribution is -0.383. The minimum atomic E-state index is -0.698. The van der Waals surface area contributed by atoms with Gasteiger partial charge in [-0.15, -0.1) is 6.42 Å². The van der Waals surface area contributed by atoms with Gasteiger partial charge in [-0.1, -0.05) is 18.1 Å². The molecule has 0 saturated carbocycles. The Bertz CT molecular complexity index is 731. The molecule has 0 N–H and O–H groups in total. The number of nitro benzene ring substituents is 1. The number of benzene rings is 1. The number of nitrogens with zero attached hydrogens (tertiary/aromatic N) is 2. The number of rotatable bonds is 2. The predicted octanol–water partition coefficient (Wildman–Crippen LogP) is 1.91. The Kier molecular flexibility index (Phi) is 3.12. The summed E-state index contributed by atoms with van der Waals surface area (Å²) in [6.45, 7) is 0. The monoisotopic (exact) mass is 256 g/mol. The van der Waals surface area contributed by atoms with Gasteiger partial charge in [0, 0.05) is 17.0 Å². The fourth-order valence-electron chi connectivity index (χ4n) is 1.71. The van der Waals surface area contributed by atoms with Crippen molar-refractivity contribution < 1.29 is 14.5 Å². The van der Waals surface area contributed by atoms with E-state index in [0.717, 1.165) is 0 Å². The lowest BCUT2D eigenvalue weighted by Crippen LogP contribution is -2.06. The molecule has 6 nitrogen and oxygen atoms in total. The highest BCUT2D eigenvalue weighted by Crippen LogP contribution is 2.26. The van der Waals surface area contributed by atoms with E-state index in [1.54, 1.807) is 6.07 Å². The van der Waals surface area contributed by atoms with E-state index in [1.807, 2.05) is 0 Å². The summed E-state index contributed by atoms with van der Waals surface area (Å²) < 4.78 is 4.55. The summed E-state index contributed by atoms with van der Waals surface area (Å²) in [4.78, 5) is 25.8. The summed E-state index contributed by atoms with van der Waals surface area (Å²) in [7, 11) is 1.20. The second-order valence-corrected chi connectivity index (χ2v) is 3.62. The van der Waals surface area contributed by atoms with E-state index in [2.05, 4.69) is 15.6 Å². The zero-order valence-corrected chi connectivity index (χ0v) is 9.91. The van der Waals surface area contributed by atoms with E-state index in [0.29, 0.717) is 10.9 Å². The van der Waals surface area contributed by atoms with Gasteiger partial charge in [0.2, 0.25) is 0 Å². The van der Waals surface area contributed by atoms with Crippen molar-refractivity contribution >= 4 is 22.6 Å². The molecule has 0 unspecified atom stereocenters. The van der Waals surface area contributed by atoms with Crippen LogP contribution < -0.4 is 0 Å². The third-order valence-electron chi connectivity index (χ3n) is 2.56. The first-order valence-electron chi connectivity index (χ1n) is 5.21. The molecule has 6 heteroatoms. The smallest absolute Gasteiger partial charge is 0.356 e. The van der Waals surface area contributed by atoms with Crippen LogP contribution in [0, 0.1) is 22.5 Å². The largest absolute Gasteiger partial charge is 0.464 e. The van der Waals surface area contributed by atoms with Gasteiger partial charge >= 0.3 is 5.97 Å². The van der Waals surface area contributed by atoms with E-state index in [1.165, 1.54) is 25.3 Å². The molecule has 2 rings (SSSR count). The Morgan fingerprint density at radius 1 is 1.53 bits per heavy atom. The lowest BCUT2D eigenvalue weighted by Gasteiger charge is -2.04. The number of nitro groups is 1. The summed E-state index contributed by atoms with van der Waals surface area (Å²) in [5.74, 6) is 1.69. The standard InChI is InChI=1S/C13H8N2O4/c1-3-8-7-10(13(16)19-2)14-12-9(8)5-4-6-11(12)15(17)18/h1,4-7H,2H3. The normalized spacial score (nSPS) is 9.89. The van der Waals surface area contributed by atoms with Crippen molar-refractivity contribution in [1.82, 2.24) is 4.98 Å². The summed E-state index contributed by atoms with van der Waals surface area (Å²) in [6, 6.07) is 5.81. The topological polar surface area (TPSA) is 82.3 Å². The third kappa shape index (κ3) is 2.09. The molecule has 94 valence electrons. The van der Waals surface area contributed by atoms with Crippen LogP contribution in [0.4, 0.5) is 5.69 Å². The van der Waals surface area contributed by atoms with E-state index in [9.17, 15) is 14.9 Å². The first kappa shape index (κ1) is 12.5. The number of esters is 1. The van der Waals surface area contributed by atoms with E-state index >= 15 is 0 Å². The zero-order chi connectivity index (χ0) is 14.0. The van der Waals surface area contributed by atoms with Crippen molar-refractivity contribution in [3.05, 3.63) is 45.6 Å². The van der Waals surface area contributed by atoms with Gasteiger partial charge in [0.25, 0.3) is 5.69 Å². The van der Waals surface area contributed by atoms with Gasteiger partial charge in [-0.25, -0.2) is 9.78 Å². The zero-order valence-electron chi connectivity index (χ0n) is 9.91. The molecule has 0 radical (unpaired) electrons. The average Bonchev–Trinajstić information content (AvgIpc) is 2.44. The maximum atomic E-state index is 11.5. The second kappa shape index (κ2) is 4.74. The maximum Gasteiger partial charge on any atom is 0.356 e. The Balaban J connectivity index is 2.87. The molecule has 1 heterocycles. The highest BCUT2D eigenvalue weighted by atomic mass is 16.6. The number of carbonyl (C=O) groups is 1. The Labute approximate surface area is 108 Å². The molecule has 0 aliphatic rings. The molecule has 0 fully saturated rings. The molecule has 19 heavy (non-hydrogen) atoms. The Hall–Kier alpha value is -2.94. The second-order valence-electron chi connectivity index (χ2n) is 3.62. The molecule has 0 aliphatic carbocycles. The molecule has 0 aliphatic heterocycles. The van der Waals surface area contributed by atoms with Gasteiger partial charge in [0.05, 0.1) is 12.0 Å². The van der Waals surface area contributed by atoms with Crippen LogP contribution in [-0.2, 0) is 4.74 Å². The molecule has 2 aromatic rings. The van der Waals surface area contributed by atoms with Crippen LogP contribution in [0.25, 0.3) is 10.9 Å². The highest BCUT2D eigenvalue weighted by molar-refractivity contribution is 5.97. The highest BCUT2D eigenvalue weighted by Gasteiger charge is 2.18. The fourth-order valence-corrected chi connectivity index (χ4v) is 1.71. The van der Waals surface area contributed by atoms with E-state index < -0.39 is 10.9 Å². The average molecular weight is 256 g/mol. The number of fused-ring (bicyclic) bond motifs is 1. The molecule has 0 saturated heterocycles. The van der Waals surface area contributed by atoms with Gasteiger partial charge in [-0.2, -0.15) is 0 Å². The molecule has 0 amide bonds.